The predicted octanol–water partition coefficient (Wildman–Crippen LogP) is 4.86. The van der Waals surface area contributed by atoms with Crippen molar-refractivity contribution in [1.82, 2.24) is 15.2 Å². The van der Waals surface area contributed by atoms with Crippen molar-refractivity contribution in [3.8, 4) is 5.75 Å². The summed E-state index contributed by atoms with van der Waals surface area (Å²) in [5.74, 6) is 0.951. The van der Waals surface area contributed by atoms with E-state index in [1.165, 1.54) is 5.56 Å². The van der Waals surface area contributed by atoms with Gasteiger partial charge in [-0.15, -0.1) is 0 Å². The van der Waals surface area contributed by atoms with Crippen molar-refractivity contribution in [1.29, 1.82) is 0 Å². The topological polar surface area (TPSA) is 54.5 Å². The highest BCUT2D eigenvalue weighted by molar-refractivity contribution is 6.30. The van der Waals surface area contributed by atoms with E-state index in [0.717, 1.165) is 49.5 Å². The Hall–Kier alpha value is -2.89. The minimum Gasteiger partial charge on any atom is -0.497 e. The minimum atomic E-state index is -0.293. The van der Waals surface area contributed by atoms with E-state index in [1.807, 2.05) is 54.6 Å². The first-order valence-electron chi connectivity index (χ1n) is 10.9. The SMILES string of the molecule is COc1ccc(CN2CCC(C(=O)NC(c3ccc(Cl)cc3)c3ccccn3)CC2)cc1. The molecule has 1 aliphatic rings. The van der Waals surface area contributed by atoms with Gasteiger partial charge in [-0.2, -0.15) is 0 Å². The van der Waals surface area contributed by atoms with Gasteiger partial charge in [0.2, 0.25) is 5.91 Å². The van der Waals surface area contributed by atoms with E-state index >= 15 is 0 Å². The Labute approximate surface area is 194 Å². The minimum absolute atomic E-state index is 0.000583. The second-order valence-electron chi connectivity index (χ2n) is 8.15. The molecule has 1 aromatic heterocycles. The van der Waals surface area contributed by atoms with Gasteiger partial charge in [0.15, 0.2) is 0 Å². The molecule has 1 unspecified atom stereocenters. The molecule has 0 saturated carbocycles. The highest BCUT2D eigenvalue weighted by Crippen LogP contribution is 2.25. The molecular weight excluding hydrogens is 422 g/mol. The third-order valence-corrected chi connectivity index (χ3v) is 6.25. The number of hydrogen-bond donors (Lipinski definition) is 1. The molecule has 1 saturated heterocycles. The van der Waals surface area contributed by atoms with Crippen LogP contribution in [0.5, 0.6) is 5.75 Å². The maximum absolute atomic E-state index is 13.2. The Bertz CT molecular complexity index is 1000. The zero-order valence-electron chi connectivity index (χ0n) is 18.2. The number of benzene rings is 2. The second-order valence-corrected chi connectivity index (χ2v) is 8.58. The number of nitrogens with one attached hydrogen (secondary N) is 1. The molecular formula is C26H28ClN3O2. The highest BCUT2D eigenvalue weighted by Gasteiger charge is 2.28. The van der Waals surface area contributed by atoms with E-state index in [-0.39, 0.29) is 17.9 Å². The maximum atomic E-state index is 13.2. The van der Waals surface area contributed by atoms with Crippen molar-refractivity contribution in [3.63, 3.8) is 0 Å². The van der Waals surface area contributed by atoms with E-state index < -0.39 is 0 Å². The lowest BCUT2D eigenvalue weighted by Gasteiger charge is -2.32. The number of rotatable bonds is 7. The van der Waals surface area contributed by atoms with Gasteiger partial charge in [-0.1, -0.05) is 41.9 Å². The van der Waals surface area contributed by atoms with Crippen LogP contribution in [0.15, 0.2) is 72.9 Å². The monoisotopic (exact) mass is 449 g/mol. The van der Waals surface area contributed by atoms with Crippen LogP contribution in [0.2, 0.25) is 5.02 Å². The van der Waals surface area contributed by atoms with Crippen LogP contribution in [0.25, 0.3) is 0 Å². The zero-order valence-corrected chi connectivity index (χ0v) is 19.0. The van der Waals surface area contributed by atoms with Crippen LogP contribution in [-0.2, 0) is 11.3 Å². The number of aromatic nitrogens is 1. The first-order valence-corrected chi connectivity index (χ1v) is 11.3. The van der Waals surface area contributed by atoms with Crippen LogP contribution < -0.4 is 10.1 Å². The van der Waals surface area contributed by atoms with E-state index in [9.17, 15) is 4.79 Å². The highest BCUT2D eigenvalue weighted by atomic mass is 35.5. The van der Waals surface area contributed by atoms with Crippen molar-refractivity contribution in [3.05, 3.63) is 94.8 Å². The first-order chi connectivity index (χ1) is 15.6. The molecule has 2 heterocycles. The molecule has 32 heavy (non-hydrogen) atoms. The van der Waals surface area contributed by atoms with Crippen molar-refractivity contribution in [2.24, 2.45) is 5.92 Å². The normalized spacial score (nSPS) is 15.8. The second kappa shape index (κ2) is 10.6. The smallest absolute Gasteiger partial charge is 0.224 e. The molecule has 5 nitrogen and oxygen atoms in total. The quantitative estimate of drug-likeness (QED) is 0.559. The van der Waals surface area contributed by atoms with E-state index in [1.54, 1.807) is 13.3 Å². The van der Waals surface area contributed by atoms with Gasteiger partial charge in [0.25, 0.3) is 0 Å². The van der Waals surface area contributed by atoms with Gasteiger partial charge in [0.1, 0.15) is 5.75 Å². The fourth-order valence-electron chi connectivity index (χ4n) is 4.13. The summed E-state index contributed by atoms with van der Waals surface area (Å²) in [6, 6.07) is 21.2. The third kappa shape index (κ3) is 5.67. The van der Waals surface area contributed by atoms with Crippen LogP contribution in [-0.4, -0.2) is 36.0 Å². The van der Waals surface area contributed by atoms with Crippen LogP contribution in [0, 0.1) is 5.92 Å². The summed E-state index contributed by atoms with van der Waals surface area (Å²) in [5.41, 5.74) is 3.05. The lowest BCUT2D eigenvalue weighted by molar-refractivity contribution is -0.127. The summed E-state index contributed by atoms with van der Waals surface area (Å²) in [6.07, 6.45) is 3.44. The fraction of sp³-hybridized carbons (Fsp3) is 0.308. The summed E-state index contributed by atoms with van der Waals surface area (Å²) in [6.45, 7) is 2.69. The van der Waals surface area contributed by atoms with E-state index in [0.29, 0.717) is 5.02 Å². The lowest BCUT2D eigenvalue weighted by Crippen LogP contribution is -2.41. The summed E-state index contributed by atoms with van der Waals surface area (Å²) in [7, 11) is 1.68. The number of likely N-dealkylation sites (tertiary alicyclic amines) is 1. The summed E-state index contributed by atoms with van der Waals surface area (Å²) in [5, 5.41) is 3.91. The summed E-state index contributed by atoms with van der Waals surface area (Å²) in [4.78, 5) is 20.0. The molecule has 3 aromatic rings. The first kappa shape index (κ1) is 22.3. The number of ether oxygens (including phenoxy) is 1. The van der Waals surface area contributed by atoms with Gasteiger partial charge >= 0.3 is 0 Å². The molecule has 1 atom stereocenters. The fourth-order valence-corrected chi connectivity index (χ4v) is 4.26. The maximum Gasteiger partial charge on any atom is 0.224 e. The molecule has 1 N–H and O–H groups in total. The Kier molecular flexibility index (Phi) is 7.40. The number of hydrogen-bond acceptors (Lipinski definition) is 4. The number of pyridine rings is 1. The van der Waals surface area contributed by atoms with Crippen molar-refractivity contribution >= 4 is 17.5 Å². The van der Waals surface area contributed by atoms with Gasteiger partial charge in [0, 0.05) is 23.7 Å². The number of nitrogens with zero attached hydrogens (tertiary/aromatic N) is 2. The summed E-state index contributed by atoms with van der Waals surface area (Å²) >= 11 is 6.06. The molecule has 166 valence electrons. The van der Waals surface area contributed by atoms with Crippen molar-refractivity contribution in [2.45, 2.75) is 25.4 Å². The van der Waals surface area contributed by atoms with Crippen molar-refractivity contribution < 1.29 is 9.53 Å². The Balaban J connectivity index is 1.37. The lowest BCUT2D eigenvalue weighted by atomic mass is 9.94. The zero-order chi connectivity index (χ0) is 22.3. The molecule has 0 spiro atoms. The molecule has 1 fully saturated rings. The van der Waals surface area contributed by atoms with Gasteiger partial charge < -0.3 is 10.1 Å². The molecule has 0 radical (unpaired) electrons. The Morgan fingerprint density at radius 2 is 1.81 bits per heavy atom. The van der Waals surface area contributed by atoms with Gasteiger partial charge in [-0.3, -0.25) is 14.7 Å². The predicted molar refractivity (Wildman–Crippen MR) is 127 cm³/mol. The van der Waals surface area contributed by atoms with Crippen LogP contribution in [0.3, 0.4) is 0 Å². The van der Waals surface area contributed by atoms with Gasteiger partial charge in [-0.25, -0.2) is 0 Å². The standard InChI is InChI=1S/C26H28ClN3O2/c1-32-23-11-5-19(6-12-23)18-30-16-13-21(14-17-30)26(31)29-25(24-4-2-3-15-28-24)20-7-9-22(27)10-8-20/h2-12,15,21,25H,13-14,16-18H2,1H3,(H,29,31). The Morgan fingerprint density at radius 3 is 2.44 bits per heavy atom. The molecule has 2 aromatic carbocycles. The molecule has 0 bridgehead atoms. The largest absolute Gasteiger partial charge is 0.497 e. The third-order valence-electron chi connectivity index (χ3n) is 6.00. The van der Waals surface area contributed by atoms with E-state index in [2.05, 4.69) is 27.3 Å². The summed E-state index contributed by atoms with van der Waals surface area (Å²) < 4.78 is 5.23. The number of halogens is 1. The molecule has 4 rings (SSSR count). The Morgan fingerprint density at radius 1 is 1.09 bits per heavy atom. The number of methoxy groups -OCH3 is 1. The van der Waals surface area contributed by atoms with Crippen molar-refractivity contribution in [2.75, 3.05) is 20.2 Å². The van der Waals surface area contributed by atoms with Gasteiger partial charge in [-0.05, 0) is 73.5 Å². The molecule has 6 heteroatoms. The van der Waals surface area contributed by atoms with E-state index in [4.69, 9.17) is 16.3 Å². The van der Waals surface area contributed by atoms with Crippen LogP contribution in [0.1, 0.15) is 35.7 Å². The number of carbonyl (C=O) groups is 1. The molecule has 0 aliphatic carbocycles. The van der Waals surface area contributed by atoms with Crippen LogP contribution >= 0.6 is 11.6 Å². The number of carbonyl (C=O) groups excluding carboxylic acids is 1. The average Bonchev–Trinajstić information content (AvgIpc) is 2.84. The van der Waals surface area contributed by atoms with Crippen LogP contribution in [0.4, 0.5) is 0 Å². The number of piperidine rings is 1. The average molecular weight is 450 g/mol. The molecule has 1 amide bonds. The molecule has 1 aliphatic heterocycles. The number of amides is 1. The van der Waals surface area contributed by atoms with Gasteiger partial charge in [0.05, 0.1) is 18.8 Å².